The number of benzene rings is 1. The molecule has 0 amide bonds. The molecule has 1 aromatic carbocycles. The van der Waals surface area contributed by atoms with Crippen LogP contribution in [0.3, 0.4) is 0 Å². The van der Waals surface area contributed by atoms with Gasteiger partial charge in [-0.3, -0.25) is 0 Å². The van der Waals surface area contributed by atoms with Crippen LogP contribution in [-0.4, -0.2) is 27.2 Å². The highest BCUT2D eigenvalue weighted by Crippen LogP contribution is 2.20. The Hall–Kier alpha value is -1.13. The molecule has 0 N–H and O–H groups in total. The fourth-order valence-electron chi connectivity index (χ4n) is 2.28. The first-order valence-corrected chi connectivity index (χ1v) is 9.66. The van der Waals surface area contributed by atoms with Gasteiger partial charge in [0.05, 0.1) is 11.6 Å². The van der Waals surface area contributed by atoms with E-state index in [9.17, 15) is 0 Å². The van der Waals surface area contributed by atoms with E-state index in [-0.39, 0.29) is 0 Å². The summed E-state index contributed by atoms with van der Waals surface area (Å²) in [6, 6.07) is 7.56. The summed E-state index contributed by atoms with van der Waals surface area (Å²) < 4.78 is 8.06. The SMILES string of the molecule is CCCCCCSC(COc1ccc(Cl)cc1)Cn1ccnc1. The standard InChI is InChI=1S/C18H25ClN2OS/c1-2-3-4-5-12-23-18(13-21-11-10-20-15-21)14-22-17-8-6-16(19)7-9-17/h6-11,15,18H,2-5,12-14H2,1H3. The van der Waals surface area contributed by atoms with Crippen molar-refractivity contribution in [3.05, 3.63) is 48.0 Å². The molecule has 0 bridgehead atoms. The number of nitrogens with zero attached hydrogens (tertiary/aromatic N) is 2. The molecule has 1 heterocycles. The average molecular weight is 353 g/mol. The summed E-state index contributed by atoms with van der Waals surface area (Å²) in [6.45, 7) is 3.86. The Labute approximate surface area is 148 Å². The van der Waals surface area contributed by atoms with Crippen molar-refractivity contribution in [2.75, 3.05) is 12.4 Å². The molecule has 0 aliphatic heterocycles. The van der Waals surface area contributed by atoms with Crippen LogP contribution in [0.15, 0.2) is 43.0 Å². The van der Waals surface area contributed by atoms with E-state index < -0.39 is 0 Å². The van der Waals surface area contributed by atoms with E-state index in [0.29, 0.717) is 11.9 Å². The second kappa shape index (κ2) is 10.6. The molecule has 0 radical (unpaired) electrons. The van der Waals surface area contributed by atoms with Crippen molar-refractivity contribution in [1.82, 2.24) is 9.55 Å². The number of hydrogen-bond donors (Lipinski definition) is 0. The molecule has 0 aliphatic carbocycles. The van der Waals surface area contributed by atoms with Gasteiger partial charge in [0.15, 0.2) is 0 Å². The molecule has 2 rings (SSSR count). The Balaban J connectivity index is 1.80. The molecular weight excluding hydrogens is 328 g/mol. The molecule has 1 aromatic heterocycles. The van der Waals surface area contributed by atoms with Crippen molar-refractivity contribution in [2.24, 2.45) is 0 Å². The third-order valence-corrected chi connectivity index (χ3v) is 5.11. The van der Waals surface area contributed by atoms with Gasteiger partial charge in [0.2, 0.25) is 0 Å². The zero-order valence-electron chi connectivity index (χ0n) is 13.7. The van der Waals surface area contributed by atoms with Crippen LogP contribution in [0, 0.1) is 0 Å². The monoisotopic (exact) mass is 352 g/mol. The number of rotatable bonds is 11. The fraction of sp³-hybridized carbons (Fsp3) is 0.500. The molecule has 2 aromatic rings. The highest BCUT2D eigenvalue weighted by Gasteiger charge is 2.11. The predicted octanol–water partition coefficient (Wildman–Crippen LogP) is 5.30. The molecule has 1 unspecified atom stereocenters. The molecule has 3 nitrogen and oxygen atoms in total. The van der Waals surface area contributed by atoms with Crippen molar-refractivity contribution in [3.63, 3.8) is 0 Å². The van der Waals surface area contributed by atoms with Gasteiger partial charge in [0.1, 0.15) is 12.4 Å². The Kier molecular flexibility index (Phi) is 8.40. The van der Waals surface area contributed by atoms with Gasteiger partial charge in [-0.15, -0.1) is 0 Å². The Morgan fingerprint density at radius 3 is 2.74 bits per heavy atom. The minimum atomic E-state index is 0.418. The molecule has 23 heavy (non-hydrogen) atoms. The second-order valence-electron chi connectivity index (χ2n) is 5.58. The Bertz CT molecular complexity index is 530. The van der Waals surface area contributed by atoms with Crippen molar-refractivity contribution in [3.8, 4) is 5.75 Å². The highest BCUT2D eigenvalue weighted by molar-refractivity contribution is 7.99. The second-order valence-corrected chi connectivity index (χ2v) is 7.42. The summed E-state index contributed by atoms with van der Waals surface area (Å²) in [5, 5.41) is 1.15. The maximum absolute atomic E-state index is 5.94. The van der Waals surface area contributed by atoms with Crippen LogP contribution in [0.25, 0.3) is 0 Å². The van der Waals surface area contributed by atoms with Gasteiger partial charge >= 0.3 is 0 Å². The lowest BCUT2D eigenvalue weighted by Gasteiger charge is -2.18. The largest absolute Gasteiger partial charge is 0.492 e. The minimum absolute atomic E-state index is 0.418. The van der Waals surface area contributed by atoms with Crippen LogP contribution in [0.1, 0.15) is 32.6 Å². The topological polar surface area (TPSA) is 27.1 Å². The van der Waals surface area contributed by atoms with Gasteiger partial charge in [-0.05, 0) is 36.4 Å². The minimum Gasteiger partial charge on any atom is -0.492 e. The van der Waals surface area contributed by atoms with Crippen molar-refractivity contribution in [1.29, 1.82) is 0 Å². The summed E-state index contributed by atoms with van der Waals surface area (Å²) in [7, 11) is 0. The molecule has 0 fully saturated rings. The molecule has 0 saturated carbocycles. The smallest absolute Gasteiger partial charge is 0.119 e. The molecule has 0 spiro atoms. The van der Waals surface area contributed by atoms with Gasteiger partial charge in [0, 0.05) is 24.0 Å². The molecule has 0 saturated heterocycles. The lowest BCUT2D eigenvalue weighted by atomic mass is 10.2. The maximum Gasteiger partial charge on any atom is 0.119 e. The van der Waals surface area contributed by atoms with Gasteiger partial charge < -0.3 is 9.30 Å². The van der Waals surface area contributed by atoms with Gasteiger partial charge in [-0.1, -0.05) is 37.8 Å². The van der Waals surface area contributed by atoms with E-state index in [1.807, 2.05) is 54.7 Å². The molecule has 1 atom stereocenters. The van der Waals surface area contributed by atoms with Crippen LogP contribution in [0.4, 0.5) is 0 Å². The van der Waals surface area contributed by atoms with E-state index >= 15 is 0 Å². The Morgan fingerprint density at radius 1 is 1.22 bits per heavy atom. The summed E-state index contributed by atoms with van der Waals surface area (Å²) in [4.78, 5) is 4.12. The summed E-state index contributed by atoms with van der Waals surface area (Å²) in [6.07, 6.45) is 10.9. The van der Waals surface area contributed by atoms with Crippen LogP contribution in [-0.2, 0) is 6.54 Å². The van der Waals surface area contributed by atoms with Crippen LogP contribution in [0.5, 0.6) is 5.75 Å². The summed E-state index contributed by atoms with van der Waals surface area (Å²) in [5.41, 5.74) is 0. The molecule has 0 aliphatic rings. The Morgan fingerprint density at radius 2 is 2.04 bits per heavy atom. The number of unbranched alkanes of at least 4 members (excludes halogenated alkanes) is 3. The van der Waals surface area contributed by atoms with Crippen molar-refractivity contribution in [2.45, 2.75) is 44.4 Å². The number of thioether (sulfide) groups is 1. The number of halogens is 1. The number of imidazole rings is 1. The quantitative estimate of drug-likeness (QED) is 0.513. The normalized spacial score (nSPS) is 12.3. The first-order valence-electron chi connectivity index (χ1n) is 8.23. The summed E-state index contributed by atoms with van der Waals surface area (Å²) in [5.74, 6) is 2.06. The van der Waals surface area contributed by atoms with Gasteiger partial charge in [-0.2, -0.15) is 11.8 Å². The van der Waals surface area contributed by atoms with Crippen molar-refractivity contribution < 1.29 is 4.74 Å². The van der Waals surface area contributed by atoms with Crippen LogP contribution in [0.2, 0.25) is 5.02 Å². The fourth-order valence-corrected chi connectivity index (χ4v) is 3.55. The first kappa shape index (κ1) is 18.2. The number of hydrogen-bond acceptors (Lipinski definition) is 3. The molecular formula is C18H25ClN2OS. The van der Waals surface area contributed by atoms with E-state index in [1.54, 1.807) is 0 Å². The van der Waals surface area contributed by atoms with E-state index in [4.69, 9.17) is 16.3 Å². The number of aromatic nitrogens is 2. The summed E-state index contributed by atoms with van der Waals surface area (Å²) >= 11 is 7.90. The van der Waals surface area contributed by atoms with Crippen molar-refractivity contribution >= 4 is 23.4 Å². The lowest BCUT2D eigenvalue weighted by molar-refractivity contribution is 0.308. The third-order valence-electron chi connectivity index (χ3n) is 3.57. The van der Waals surface area contributed by atoms with E-state index in [1.165, 1.54) is 31.4 Å². The predicted molar refractivity (Wildman–Crippen MR) is 99.6 cm³/mol. The van der Waals surface area contributed by atoms with Gasteiger partial charge in [0.25, 0.3) is 0 Å². The zero-order chi connectivity index (χ0) is 16.3. The highest BCUT2D eigenvalue weighted by atomic mass is 35.5. The average Bonchev–Trinajstić information content (AvgIpc) is 3.06. The maximum atomic E-state index is 5.94. The molecule has 5 heteroatoms. The lowest BCUT2D eigenvalue weighted by Crippen LogP contribution is -2.21. The van der Waals surface area contributed by atoms with Crippen LogP contribution >= 0.6 is 23.4 Å². The zero-order valence-corrected chi connectivity index (χ0v) is 15.2. The van der Waals surface area contributed by atoms with Gasteiger partial charge in [-0.25, -0.2) is 4.98 Å². The van der Waals surface area contributed by atoms with E-state index in [0.717, 1.165) is 17.3 Å². The number of ether oxygens (including phenoxy) is 1. The third kappa shape index (κ3) is 7.32. The van der Waals surface area contributed by atoms with Crippen LogP contribution < -0.4 is 4.74 Å². The first-order chi connectivity index (χ1) is 11.3. The molecule has 126 valence electrons. The van der Waals surface area contributed by atoms with E-state index in [2.05, 4.69) is 16.5 Å².